The van der Waals surface area contributed by atoms with Crippen molar-refractivity contribution in [3.8, 4) is 11.3 Å². The molecule has 0 saturated carbocycles. The van der Waals surface area contributed by atoms with Crippen LogP contribution in [0.5, 0.6) is 0 Å². The Labute approximate surface area is 242 Å². The van der Waals surface area contributed by atoms with Crippen LogP contribution in [-0.2, 0) is 11.3 Å². The number of aliphatic imine (C=N–C) groups is 1. The highest BCUT2D eigenvalue weighted by molar-refractivity contribution is 6.31. The molecular weight excluding hydrogens is 543 g/mol. The van der Waals surface area contributed by atoms with Crippen molar-refractivity contribution in [1.29, 1.82) is 0 Å². The number of benzene rings is 2. The van der Waals surface area contributed by atoms with Crippen LogP contribution >= 0.6 is 11.6 Å². The van der Waals surface area contributed by atoms with E-state index in [1.807, 2.05) is 23.1 Å². The van der Waals surface area contributed by atoms with Gasteiger partial charge in [-0.2, -0.15) is 0 Å². The number of aromatic nitrogens is 2. The van der Waals surface area contributed by atoms with E-state index in [-0.39, 0.29) is 24.3 Å². The first kappa shape index (κ1) is 27.1. The number of nitrogens with zero attached hydrogens (tertiary/aromatic N) is 4. The maximum absolute atomic E-state index is 15.2. The number of rotatable bonds is 5. The number of hydrogen-bond acceptors (Lipinski definition) is 7. The van der Waals surface area contributed by atoms with Crippen molar-refractivity contribution in [3.05, 3.63) is 93.6 Å². The number of amides is 1. The second-order valence-electron chi connectivity index (χ2n) is 10.4. The van der Waals surface area contributed by atoms with E-state index >= 15 is 4.39 Å². The van der Waals surface area contributed by atoms with Crippen molar-refractivity contribution in [2.75, 3.05) is 25.5 Å². The minimum Gasteiger partial charge on any atom is -0.500 e. The third kappa shape index (κ3) is 5.47. The number of nitrogens with one attached hydrogen (secondary N) is 1. The Morgan fingerprint density at radius 3 is 2.80 bits per heavy atom. The van der Waals surface area contributed by atoms with Gasteiger partial charge in [-0.1, -0.05) is 17.7 Å². The summed E-state index contributed by atoms with van der Waals surface area (Å²) in [6.07, 6.45) is 6.30. The summed E-state index contributed by atoms with van der Waals surface area (Å²) in [5.41, 5.74) is 11.2. The highest BCUT2D eigenvalue weighted by Gasteiger charge is 2.28. The van der Waals surface area contributed by atoms with Gasteiger partial charge in [0.25, 0.3) is 5.91 Å². The van der Waals surface area contributed by atoms with Gasteiger partial charge in [0.05, 0.1) is 30.6 Å². The van der Waals surface area contributed by atoms with Gasteiger partial charge in [-0.3, -0.25) is 9.79 Å². The van der Waals surface area contributed by atoms with Crippen LogP contribution in [-0.4, -0.2) is 52.7 Å². The Hall–Kier alpha value is -4.08. The number of fused-ring (bicyclic) bond motifs is 3. The summed E-state index contributed by atoms with van der Waals surface area (Å²) < 4.78 is 20.7. The molecule has 1 saturated heterocycles. The number of anilines is 2. The maximum atomic E-state index is 15.2. The summed E-state index contributed by atoms with van der Waals surface area (Å²) >= 11 is 6.41. The Bertz CT molecular complexity index is 1600. The van der Waals surface area contributed by atoms with Gasteiger partial charge in [0.2, 0.25) is 5.95 Å². The molecule has 3 aliphatic rings. The normalized spacial score (nSPS) is 18.5. The largest absolute Gasteiger partial charge is 0.500 e. The third-order valence-electron chi connectivity index (χ3n) is 7.59. The smallest absolute Gasteiger partial charge is 0.253 e. The van der Waals surface area contributed by atoms with Crippen LogP contribution in [0.4, 0.5) is 16.0 Å². The zero-order valence-electron chi connectivity index (χ0n) is 22.7. The van der Waals surface area contributed by atoms with Crippen LogP contribution in [0.3, 0.4) is 0 Å². The number of halogens is 2. The number of carbonyl (C=O) groups excluding carboxylic acids is 1. The van der Waals surface area contributed by atoms with Gasteiger partial charge in [-0.05, 0) is 61.7 Å². The van der Waals surface area contributed by atoms with Gasteiger partial charge >= 0.3 is 0 Å². The molecule has 0 bridgehead atoms. The molecule has 1 aliphatic carbocycles. The van der Waals surface area contributed by atoms with E-state index in [0.717, 1.165) is 36.2 Å². The number of hydrogen-bond donors (Lipinski definition) is 2. The van der Waals surface area contributed by atoms with Gasteiger partial charge in [-0.25, -0.2) is 14.4 Å². The molecule has 0 spiro atoms. The number of likely N-dealkylation sites (tertiary alicyclic amines) is 1. The lowest BCUT2D eigenvalue weighted by molar-refractivity contribution is 0.0709. The second kappa shape index (κ2) is 11.4. The monoisotopic (exact) mass is 572 g/mol. The van der Waals surface area contributed by atoms with Crippen LogP contribution in [0.15, 0.2) is 76.9 Å². The van der Waals surface area contributed by atoms with Crippen molar-refractivity contribution in [2.45, 2.75) is 38.3 Å². The van der Waals surface area contributed by atoms with E-state index in [1.165, 1.54) is 0 Å². The fraction of sp³-hybridized carbons (Fsp3) is 0.290. The lowest BCUT2D eigenvalue weighted by atomic mass is 9.91. The first-order valence-electron chi connectivity index (χ1n) is 13.7. The summed E-state index contributed by atoms with van der Waals surface area (Å²) in [6.45, 7) is 1.56. The van der Waals surface area contributed by atoms with Gasteiger partial charge in [-0.15, -0.1) is 0 Å². The minimum atomic E-state index is -0.359. The molecule has 3 N–H and O–H groups in total. The summed E-state index contributed by atoms with van der Waals surface area (Å²) in [5.74, 6) is 0.561. The highest BCUT2D eigenvalue weighted by atomic mass is 35.5. The molecule has 2 aliphatic heterocycles. The molecule has 41 heavy (non-hydrogen) atoms. The first-order chi connectivity index (χ1) is 19.9. The molecular formula is C31H30ClFN6O2. The SMILES string of the molecule is COC1=C(C2=NCc3cnc(Nc4ccc(C(=O)N5CCCC(N)C5)cc4)nc3-c3ccc(Cl)cc32)C(F)=CCC1. The molecule has 3 aromatic rings. The van der Waals surface area contributed by atoms with Gasteiger partial charge in [0.1, 0.15) is 11.6 Å². The van der Waals surface area contributed by atoms with Crippen molar-refractivity contribution in [1.82, 2.24) is 14.9 Å². The van der Waals surface area contributed by atoms with E-state index in [9.17, 15) is 4.79 Å². The molecule has 1 unspecified atom stereocenters. The quantitative estimate of drug-likeness (QED) is 0.391. The van der Waals surface area contributed by atoms with Gasteiger partial charge < -0.3 is 20.7 Å². The van der Waals surface area contributed by atoms with E-state index < -0.39 is 0 Å². The van der Waals surface area contributed by atoms with Crippen molar-refractivity contribution in [2.24, 2.45) is 10.7 Å². The zero-order valence-corrected chi connectivity index (χ0v) is 23.4. The molecule has 1 fully saturated rings. The van der Waals surface area contributed by atoms with E-state index in [1.54, 1.807) is 43.6 Å². The summed E-state index contributed by atoms with van der Waals surface area (Å²) in [6, 6.07) is 12.7. The number of methoxy groups -OCH3 is 1. The molecule has 10 heteroatoms. The molecule has 6 rings (SSSR count). The average Bonchev–Trinajstić information content (AvgIpc) is 3.13. The van der Waals surface area contributed by atoms with Crippen LogP contribution in [0.1, 0.15) is 47.2 Å². The lowest BCUT2D eigenvalue weighted by Gasteiger charge is -2.30. The minimum absolute atomic E-state index is 0.0185. The van der Waals surface area contributed by atoms with Crippen molar-refractivity contribution in [3.63, 3.8) is 0 Å². The molecule has 1 amide bonds. The molecule has 2 aromatic carbocycles. The number of carbonyl (C=O) groups is 1. The fourth-order valence-electron chi connectivity index (χ4n) is 5.54. The van der Waals surface area contributed by atoms with Crippen LogP contribution < -0.4 is 11.1 Å². The molecule has 0 radical (unpaired) electrons. The molecule has 210 valence electrons. The number of piperidine rings is 1. The van der Waals surface area contributed by atoms with Crippen LogP contribution in [0, 0.1) is 0 Å². The second-order valence-corrected chi connectivity index (χ2v) is 10.8. The fourth-order valence-corrected chi connectivity index (χ4v) is 5.71. The Morgan fingerprint density at radius 1 is 1.20 bits per heavy atom. The predicted octanol–water partition coefficient (Wildman–Crippen LogP) is 5.95. The van der Waals surface area contributed by atoms with E-state index in [4.69, 9.17) is 32.0 Å². The summed E-state index contributed by atoms with van der Waals surface area (Å²) in [5, 5.41) is 3.75. The predicted molar refractivity (Wildman–Crippen MR) is 158 cm³/mol. The summed E-state index contributed by atoms with van der Waals surface area (Å²) in [7, 11) is 1.55. The maximum Gasteiger partial charge on any atom is 0.253 e. The Morgan fingerprint density at radius 2 is 2.02 bits per heavy atom. The first-order valence-corrected chi connectivity index (χ1v) is 14.0. The number of ether oxygens (including phenoxy) is 1. The Balaban J connectivity index is 1.29. The average molecular weight is 573 g/mol. The van der Waals surface area contributed by atoms with Gasteiger partial charge in [0.15, 0.2) is 0 Å². The zero-order chi connectivity index (χ0) is 28.5. The van der Waals surface area contributed by atoms with Crippen LogP contribution in [0.25, 0.3) is 11.3 Å². The molecule has 8 nitrogen and oxygen atoms in total. The van der Waals surface area contributed by atoms with Crippen LogP contribution in [0.2, 0.25) is 5.02 Å². The Kier molecular flexibility index (Phi) is 7.55. The van der Waals surface area contributed by atoms with E-state index in [0.29, 0.717) is 64.2 Å². The standard InChI is InChI=1S/C31H30ClFN6O2/c1-41-26-6-2-5-25(33)27(26)29-24-14-20(32)9-12-23(24)28-19(15-35-29)16-36-31(38-28)37-22-10-7-18(8-11-22)30(40)39-13-3-4-21(34)17-39/h5,7-12,14,16,21H,2-4,6,13,15,17,34H2,1H3,(H,36,37,38). The van der Waals surface area contributed by atoms with Crippen molar-refractivity contribution < 1.29 is 13.9 Å². The molecule has 1 atom stereocenters. The third-order valence-corrected chi connectivity index (χ3v) is 7.83. The summed E-state index contributed by atoms with van der Waals surface area (Å²) in [4.78, 5) is 28.9. The highest BCUT2D eigenvalue weighted by Crippen LogP contribution is 2.37. The number of nitrogens with two attached hydrogens (primary N) is 1. The lowest BCUT2D eigenvalue weighted by Crippen LogP contribution is -2.45. The van der Waals surface area contributed by atoms with E-state index in [2.05, 4.69) is 10.3 Å². The number of allylic oxidation sites excluding steroid dienone is 4. The topological polar surface area (TPSA) is 106 Å². The molecule has 1 aromatic heterocycles. The van der Waals surface area contributed by atoms with Gasteiger partial charge in [0, 0.05) is 64.7 Å². The van der Waals surface area contributed by atoms with Crippen molar-refractivity contribution >= 4 is 34.9 Å². The molecule has 3 heterocycles.